The summed E-state index contributed by atoms with van der Waals surface area (Å²) in [6.45, 7) is 3.23. The normalized spacial score (nSPS) is 17.6. The van der Waals surface area contributed by atoms with Gasteiger partial charge in [0.15, 0.2) is 0 Å². The first-order valence-electron chi connectivity index (χ1n) is 13.2. The molecular weight excluding hydrogens is 685 g/mol. The van der Waals surface area contributed by atoms with Crippen LogP contribution in [0.25, 0.3) is 6.08 Å². The second-order valence-corrected chi connectivity index (χ2v) is 13.9. The lowest BCUT2D eigenvalue weighted by Gasteiger charge is -2.49. The molecule has 1 saturated heterocycles. The maximum absolute atomic E-state index is 13.1. The topological polar surface area (TPSA) is 183 Å². The number of carbonyl (C=O) groups excluding carboxylic acids is 3. The minimum atomic E-state index is -1.20. The zero-order valence-electron chi connectivity index (χ0n) is 23.8. The van der Waals surface area contributed by atoms with Crippen LogP contribution in [0.3, 0.4) is 0 Å². The number of hydrogen-bond acceptors (Lipinski definition) is 9. The van der Waals surface area contributed by atoms with Gasteiger partial charge in [-0.05, 0) is 29.3 Å². The zero-order chi connectivity index (χ0) is 33.0. The zero-order valence-corrected chi connectivity index (χ0v) is 27.8. The third kappa shape index (κ3) is 8.27. The third-order valence-corrected chi connectivity index (χ3v) is 10.9. The van der Waals surface area contributed by atoms with Gasteiger partial charge in [0.1, 0.15) is 23.7 Å². The van der Waals surface area contributed by atoms with E-state index in [-0.39, 0.29) is 21.5 Å². The summed E-state index contributed by atoms with van der Waals surface area (Å²) in [4.78, 5) is 63.0. The Morgan fingerprint density at radius 1 is 1.11 bits per heavy atom. The fourth-order valence-corrected chi connectivity index (χ4v) is 8.40. The van der Waals surface area contributed by atoms with Crippen molar-refractivity contribution in [1.29, 1.82) is 0 Å². The van der Waals surface area contributed by atoms with Crippen molar-refractivity contribution in [1.82, 2.24) is 15.5 Å². The monoisotopic (exact) mass is 712 g/mol. The highest BCUT2D eigenvalue weighted by Crippen LogP contribution is 2.42. The minimum absolute atomic E-state index is 0.0516. The smallest absolute Gasteiger partial charge is 0.352 e. The van der Waals surface area contributed by atoms with E-state index in [1.54, 1.807) is 4.68 Å². The second-order valence-electron chi connectivity index (χ2n) is 9.88. The summed E-state index contributed by atoms with van der Waals surface area (Å²) in [5.41, 5.74) is 2.69. The van der Waals surface area contributed by atoms with Gasteiger partial charge in [0, 0.05) is 58.4 Å². The number of benzene rings is 1. The molecule has 2 atom stereocenters. The van der Waals surface area contributed by atoms with Crippen molar-refractivity contribution < 1.29 is 38.9 Å². The number of rotatable bonds is 12. The summed E-state index contributed by atoms with van der Waals surface area (Å²) in [7, 11) is 0. The fraction of sp³-hybridized carbons (Fsp3) is 0.286. The summed E-state index contributed by atoms with van der Waals surface area (Å²) in [5.74, 6) is 2.70. The predicted octanol–water partition coefficient (Wildman–Crippen LogP) is 2.45. The van der Waals surface area contributed by atoms with Crippen molar-refractivity contribution in [2.75, 3.05) is 29.6 Å². The number of halogens is 2. The van der Waals surface area contributed by atoms with Gasteiger partial charge in [-0.3, -0.25) is 24.1 Å². The van der Waals surface area contributed by atoms with Gasteiger partial charge in [0.05, 0.1) is 10.8 Å². The first-order valence-corrected chi connectivity index (χ1v) is 16.9. The number of β-lactam (4-membered cyclic amide) rings is 1. The first-order chi connectivity index (χ1) is 21.3. The first kappa shape index (κ1) is 34.5. The molecule has 0 bridgehead atoms. The van der Waals surface area contributed by atoms with Crippen molar-refractivity contribution >= 4 is 94.2 Å². The number of pyridine rings is 1. The molecule has 1 aromatic heterocycles. The molecule has 3 amide bonds. The molecule has 4 rings (SSSR count). The molecule has 12 nitrogen and oxygen atoms in total. The third-order valence-electron chi connectivity index (χ3n) is 6.68. The number of fused-ring (bicyclic) bond motifs is 1. The minimum Gasteiger partial charge on any atom is -0.480 e. The predicted molar refractivity (Wildman–Crippen MR) is 174 cm³/mol. The van der Waals surface area contributed by atoms with Gasteiger partial charge in [-0.2, -0.15) is 0 Å². The Hall–Kier alpha value is -3.37. The quantitative estimate of drug-likeness (QED) is 0.0717. The number of nitrogens with two attached hydrogens (primary N) is 1. The lowest BCUT2D eigenvalue weighted by molar-refractivity contribution is -0.652. The van der Waals surface area contributed by atoms with Crippen LogP contribution >= 0.6 is 58.5 Å². The Kier molecular flexibility index (Phi) is 11.4. The molecule has 17 heteroatoms. The molecular formula is C28H28Cl2N5O7S3+. The van der Waals surface area contributed by atoms with Crippen LogP contribution in [0.1, 0.15) is 17.0 Å². The summed E-state index contributed by atoms with van der Waals surface area (Å²) < 4.78 is 1.56. The largest absolute Gasteiger partial charge is 0.480 e. The average molecular weight is 714 g/mol. The lowest BCUT2D eigenvalue weighted by atomic mass is 10.0. The number of aromatic nitrogens is 1. The number of hydrogen-bond donors (Lipinski definition) is 5. The number of nitrogens with one attached hydrogen (secondary N) is 2. The highest BCUT2D eigenvalue weighted by molar-refractivity contribution is 8.01. The highest BCUT2D eigenvalue weighted by atomic mass is 35.5. The number of aliphatic carboxylic acids is 2. The molecule has 0 saturated carbocycles. The molecule has 2 aliphatic rings. The van der Waals surface area contributed by atoms with Gasteiger partial charge >= 0.3 is 11.9 Å². The Morgan fingerprint density at radius 2 is 1.80 bits per heavy atom. The Balaban J connectivity index is 1.34. The number of amides is 3. The van der Waals surface area contributed by atoms with Gasteiger partial charge in [-0.15, -0.1) is 35.3 Å². The maximum atomic E-state index is 13.1. The van der Waals surface area contributed by atoms with Crippen molar-refractivity contribution in [3.05, 3.63) is 68.6 Å². The molecule has 1 aromatic carbocycles. The van der Waals surface area contributed by atoms with E-state index < -0.39 is 47.6 Å². The summed E-state index contributed by atoms with van der Waals surface area (Å²) in [6.07, 6.45) is 2.50. The molecule has 45 heavy (non-hydrogen) atoms. The Morgan fingerprint density at radius 3 is 2.44 bits per heavy atom. The van der Waals surface area contributed by atoms with E-state index >= 15 is 0 Å². The summed E-state index contributed by atoms with van der Waals surface area (Å²) >= 11 is 16.6. The van der Waals surface area contributed by atoms with E-state index in [1.165, 1.54) is 46.6 Å². The lowest BCUT2D eigenvalue weighted by Crippen LogP contribution is -2.70. The van der Waals surface area contributed by atoms with Gasteiger partial charge in [-0.25, -0.2) is 10.6 Å². The van der Waals surface area contributed by atoms with Gasteiger partial charge in [0.2, 0.25) is 23.2 Å². The molecule has 1 fully saturated rings. The molecule has 0 aliphatic carbocycles. The SMILES string of the molecule is Cc1cc(SCC2=C(C(=O)O)N3C(=O)[C@H](NC(=O)CSc4cc(Cl)c(C=CC(=O)NCC(=O)O)cc4Cl)[C@H]3SC2)cc(C)[n+]1N. The molecule has 6 N–H and O–H groups in total. The van der Waals surface area contributed by atoms with Crippen LogP contribution < -0.4 is 21.2 Å². The molecule has 0 unspecified atom stereocenters. The van der Waals surface area contributed by atoms with E-state index in [2.05, 4.69) is 10.6 Å². The maximum Gasteiger partial charge on any atom is 0.352 e. The van der Waals surface area contributed by atoms with Crippen molar-refractivity contribution in [3.63, 3.8) is 0 Å². The molecule has 238 valence electrons. The van der Waals surface area contributed by atoms with E-state index in [4.69, 9.17) is 34.2 Å². The van der Waals surface area contributed by atoms with Crippen molar-refractivity contribution in [3.8, 4) is 0 Å². The van der Waals surface area contributed by atoms with Crippen LogP contribution in [0.15, 0.2) is 51.4 Å². The molecule has 2 aromatic rings. The number of aryl methyl sites for hydroxylation is 2. The van der Waals surface area contributed by atoms with Crippen molar-refractivity contribution in [2.45, 2.75) is 35.1 Å². The van der Waals surface area contributed by atoms with Gasteiger partial charge in [0.25, 0.3) is 5.91 Å². The van der Waals surface area contributed by atoms with Gasteiger partial charge in [-0.1, -0.05) is 27.9 Å². The molecule has 0 spiro atoms. The average Bonchev–Trinajstić information content (AvgIpc) is 2.99. The van der Waals surface area contributed by atoms with Crippen molar-refractivity contribution in [2.24, 2.45) is 0 Å². The summed E-state index contributed by atoms with van der Waals surface area (Å²) in [6, 6.07) is 5.98. The van der Waals surface area contributed by atoms with Gasteiger partial charge < -0.3 is 20.8 Å². The number of thioether (sulfide) groups is 3. The van der Waals surface area contributed by atoms with Crippen LogP contribution in [0.5, 0.6) is 0 Å². The Labute approximate surface area is 280 Å². The standard InChI is InChI=1S/C28H27Cl2N5O7S3/c1-13-5-17(6-14(2)35(13)31)43-10-16-11-45-27-24(26(40)34(27)25(16)28(41)42)33-22(37)12-44-20-8-18(29)15(7-19(20)30)3-4-21(36)32-9-23(38)39/h3-8,24,27H,9-12,31H2,1-2H3,(H3-,32,33,36,37,38,39,41,42)/p+1/t24-,27+/m0/s1. The van der Waals surface area contributed by atoms with Crippen LogP contribution in [0.4, 0.5) is 0 Å². The number of carboxylic acid groups (broad SMARTS) is 2. The number of nitrogen functional groups attached to an aromatic ring is 1. The molecule has 2 aliphatic heterocycles. The summed E-state index contributed by atoms with van der Waals surface area (Å²) in [5, 5.41) is 23.5. The van der Waals surface area contributed by atoms with Crippen LogP contribution in [-0.4, -0.2) is 80.0 Å². The second kappa shape index (κ2) is 14.8. The van der Waals surface area contributed by atoms with Crippen LogP contribution in [-0.2, 0) is 24.0 Å². The fourth-order valence-electron chi connectivity index (χ4n) is 4.45. The van der Waals surface area contributed by atoms with E-state index in [0.29, 0.717) is 27.5 Å². The highest BCUT2D eigenvalue weighted by Gasteiger charge is 2.54. The van der Waals surface area contributed by atoms with E-state index in [1.807, 2.05) is 26.0 Å². The number of carboxylic acids is 2. The van der Waals surface area contributed by atoms with Crippen LogP contribution in [0.2, 0.25) is 10.0 Å². The van der Waals surface area contributed by atoms with E-state index in [9.17, 15) is 29.1 Å². The number of carbonyl (C=O) groups is 5. The number of nitrogens with zero attached hydrogens (tertiary/aromatic N) is 2. The molecule has 3 heterocycles. The molecule has 0 radical (unpaired) electrons. The van der Waals surface area contributed by atoms with E-state index in [0.717, 1.165) is 34.1 Å². The van der Waals surface area contributed by atoms with Crippen LogP contribution in [0, 0.1) is 13.8 Å². The Bertz CT molecular complexity index is 1630.